The van der Waals surface area contributed by atoms with Crippen molar-refractivity contribution in [3.63, 3.8) is 0 Å². The summed E-state index contributed by atoms with van der Waals surface area (Å²) in [5, 5.41) is 13.6. The Hall–Kier alpha value is -2.96. The second-order valence-electron chi connectivity index (χ2n) is 5.40. The maximum Gasteiger partial charge on any atom is 0.265 e. The first kappa shape index (κ1) is 16.5. The van der Waals surface area contributed by atoms with Gasteiger partial charge in [-0.2, -0.15) is 0 Å². The molecule has 0 unspecified atom stereocenters. The van der Waals surface area contributed by atoms with Crippen molar-refractivity contribution < 1.29 is 9.21 Å². The molecule has 1 N–H and O–H groups in total. The minimum atomic E-state index is -0.176. The minimum absolute atomic E-state index is 0.176. The Labute approximate surface area is 158 Å². The van der Waals surface area contributed by atoms with Crippen LogP contribution in [0.1, 0.15) is 9.67 Å². The highest BCUT2D eigenvalue weighted by molar-refractivity contribution is 7.12. The molecule has 2 aromatic carbocycles. The Morgan fingerprint density at radius 2 is 1.73 bits per heavy atom. The van der Waals surface area contributed by atoms with Gasteiger partial charge in [0.25, 0.3) is 5.91 Å². The van der Waals surface area contributed by atoms with Gasteiger partial charge in [-0.05, 0) is 47.8 Å². The molecule has 0 aliphatic heterocycles. The van der Waals surface area contributed by atoms with Gasteiger partial charge in [-0.25, -0.2) is 0 Å². The molecule has 128 valence electrons. The van der Waals surface area contributed by atoms with Crippen molar-refractivity contribution in [3.8, 4) is 22.9 Å². The van der Waals surface area contributed by atoms with Crippen LogP contribution in [0.4, 0.5) is 5.69 Å². The Balaban J connectivity index is 1.64. The van der Waals surface area contributed by atoms with Crippen LogP contribution >= 0.6 is 22.9 Å². The van der Waals surface area contributed by atoms with Gasteiger partial charge < -0.3 is 9.73 Å². The fourth-order valence-corrected chi connectivity index (χ4v) is 3.16. The number of nitrogens with one attached hydrogen (secondary N) is 1. The topological polar surface area (TPSA) is 68.0 Å². The second-order valence-corrected chi connectivity index (χ2v) is 6.78. The maximum absolute atomic E-state index is 12.3. The summed E-state index contributed by atoms with van der Waals surface area (Å²) < 4.78 is 5.79. The number of anilines is 1. The molecule has 7 heteroatoms. The van der Waals surface area contributed by atoms with Crippen LogP contribution in [0.3, 0.4) is 0 Å². The summed E-state index contributed by atoms with van der Waals surface area (Å²) in [5.41, 5.74) is 2.04. The van der Waals surface area contributed by atoms with Gasteiger partial charge in [-0.1, -0.05) is 29.8 Å². The van der Waals surface area contributed by atoms with Gasteiger partial charge in [0, 0.05) is 10.6 Å². The van der Waals surface area contributed by atoms with Crippen LogP contribution in [-0.2, 0) is 0 Å². The smallest absolute Gasteiger partial charge is 0.265 e. The first-order chi connectivity index (χ1) is 12.7. The van der Waals surface area contributed by atoms with E-state index in [1.165, 1.54) is 11.3 Å². The standard InChI is InChI=1S/C19H12ClN3O2S/c20-13-9-7-12(8-10-13)18-22-23-19(25-18)14-4-1-2-5-15(14)21-17(24)16-6-3-11-26-16/h1-11H,(H,21,24). The van der Waals surface area contributed by atoms with Gasteiger partial charge in [0.15, 0.2) is 0 Å². The van der Waals surface area contributed by atoms with Crippen LogP contribution in [0.25, 0.3) is 22.9 Å². The van der Waals surface area contributed by atoms with Gasteiger partial charge in [-0.15, -0.1) is 21.5 Å². The lowest BCUT2D eigenvalue weighted by Crippen LogP contribution is -2.10. The highest BCUT2D eigenvalue weighted by Gasteiger charge is 2.16. The Bertz CT molecular complexity index is 1040. The van der Waals surface area contributed by atoms with E-state index in [0.29, 0.717) is 32.9 Å². The Morgan fingerprint density at radius 3 is 2.50 bits per heavy atom. The van der Waals surface area contributed by atoms with Crippen molar-refractivity contribution in [1.29, 1.82) is 0 Å². The predicted octanol–water partition coefficient (Wildman–Crippen LogP) is 5.37. The normalized spacial score (nSPS) is 10.7. The molecule has 0 fully saturated rings. The molecule has 0 aliphatic rings. The molecule has 1 amide bonds. The zero-order chi connectivity index (χ0) is 17.9. The average Bonchev–Trinajstić information content (AvgIpc) is 3.35. The van der Waals surface area contributed by atoms with Crippen LogP contribution in [0.2, 0.25) is 5.02 Å². The lowest BCUT2D eigenvalue weighted by molar-refractivity contribution is 0.103. The first-order valence-electron chi connectivity index (χ1n) is 7.74. The molecular formula is C19H12ClN3O2S. The third-order valence-corrected chi connectivity index (χ3v) is 4.79. The van der Waals surface area contributed by atoms with Gasteiger partial charge >= 0.3 is 0 Å². The van der Waals surface area contributed by atoms with E-state index in [4.69, 9.17) is 16.0 Å². The number of carbonyl (C=O) groups excluding carboxylic acids is 1. The van der Waals surface area contributed by atoms with Crippen LogP contribution in [-0.4, -0.2) is 16.1 Å². The number of carbonyl (C=O) groups is 1. The number of benzene rings is 2. The molecule has 0 bridgehead atoms. The van der Waals surface area contributed by atoms with E-state index in [1.54, 1.807) is 24.3 Å². The zero-order valence-electron chi connectivity index (χ0n) is 13.3. The molecule has 2 heterocycles. The molecule has 5 nitrogen and oxygen atoms in total. The van der Waals surface area contributed by atoms with E-state index in [2.05, 4.69) is 15.5 Å². The number of hydrogen-bond acceptors (Lipinski definition) is 5. The van der Waals surface area contributed by atoms with Crippen molar-refractivity contribution in [2.24, 2.45) is 0 Å². The van der Waals surface area contributed by atoms with E-state index in [0.717, 1.165) is 5.56 Å². The van der Waals surface area contributed by atoms with Crippen molar-refractivity contribution >= 4 is 34.5 Å². The maximum atomic E-state index is 12.3. The number of rotatable bonds is 4. The predicted molar refractivity (Wildman–Crippen MR) is 102 cm³/mol. The van der Waals surface area contributed by atoms with Gasteiger partial charge in [0.2, 0.25) is 11.8 Å². The number of nitrogens with zero attached hydrogens (tertiary/aromatic N) is 2. The van der Waals surface area contributed by atoms with Gasteiger partial charge in [0.05, 0.1) is 16.1 Å². The van der Waals surface area contributed by atoms with E-state index in [-0.39, 0.29) is 5.91 Å². The Kier molecular flexibility index (Phi) is 4.51. The van der Waals surface area contributed by atoms with E-state index >= 15 is 0 Å². The summed E-state index contributed by atoms with van der Waals surface area (Å²) >= 11 is 7.29. The van der Waals surface area contributed by atoms with Gasteiger partial charge in [0.1, 0.15) is 0 Å². The molecule has 0 radical (unpaired) electrons. The molecule has 4 rings (SSSR count). The molecule has 0 saturated carbocycles. The third-order valence-electron chi connectivity index (χ3n) is 3.67. The van der Waals surface area contributed by atoms with Crippen LogP contribution in [0.15, 0.2) is 70.5 Å². The molecule has 2 aromatic heterocycles. The van der Waals surface area contributed by atoms with Crippen molar-refractivity contribution in [1.82, 2.24) is 10.2 Å². The minimum Gasteiger partial charge on any atom is -0.416 e. The molecule has 0 spiro atoms. The summed E-state index contributed by atoms with van der Waals surface area (Å²) in [6.45, 7) is 0. The van der Waals surface area contributed by atoms with Crippen LogP contribution in [0, 0.1) is 0 Å². The number of hydrogen-bond donors (Lipinski definition) is 1. The lowest BCUT2D eigenvalue weighted by Gasteiger charge is -2.07. The fourth-order valence-electron chi connectivity index (χ4n) is 2.41. The Morgan fingerprint density at radius 1 is 0.962 bits per heavy atom. The quantitative estimate of drug-likeness (QED) is 0.516. The van der Waals surface area contributed by atoms with Gasteiger partial charge in [-0.3, -0.25) is 4.79 Å². The lowest BCUT2D eigenvalue weighted by atomic mass is 10.1. The number of para-hydroxylation sites is 1. The largest absolute Gasteiger partial charge is 0.416 e. The van der Waals surface area contributed by atoms with E-state index < -0.39 is 0 Å². The summed E-state index contributed by atoms with van der Waals surface area (Å²) in [4.78, 5) is 13.0. The highest BCUT2D eigenvalue weighted by Crippen LogP contribution is 2.30. The van der Waals surface area contributed by atoms with Crippen molar-refractivity contribution in [2.75, 3.05) is 5.32 Å². The van der Waals surface area contributed by atoms with Crippen molar-refractivity contribution in [3.05, 3.63) is 75.9 Å². The zero-order valence-corrected chi connectivity index (χ0v) is 14.9. The summed E-state index contributed by atoms with van der Waals surface area (Å²) in [5.74, 6) is 0.540. The monoisotopic (exact) mass is 381 g/mol. The number of halogens is 1. The van der Waals surface area contributed by atoms with E-state index in [9.17, 15) is 4.79 Å². The number of thiophene rings is 1. The molecule has 0 aliphatic carbocycles. The SMILES string of the molecule is O=C(Nc1ccccc1-c1nnc(-c2ccc(Cl)cc2)o1)c1cccs1. The van der Waals surface area contributed by atoms with Crippen LogP contribution < -0.4 is 5.32 Å². The summed E-state index contributed by atoms with van der Waals surface area (Å²) in [6, 6.07) is 18.1. The molecule has 0 atom stereocenters. The second kappa shape index (κ2) is 7.11. The third kappa shape index (κ3) is 3.37. The number of aromatic nitrogens is 2. The highest BCUT2D eigenvalue weighted by atomic mass is 35.5. The summed E-state index contributed by atoms with van der Waals surface area (Å²) in [6.07, 6.45) is 0. The molecule has 4 aromatic rings. The average molecular weight is 382 g/mol. The van der Waals surface area contributed by atoms with E-state index in [1.807, 2.05) is 41.8 Å². The molecule has 26 heavy (non-hydrogen) atoms. The molecular weight excluding hydrogens is 370 g/mol. The first-order valence-corrected chi connectivity index (χ1v) is 9.00. The van der Waals surface area contributed by atoms with Crippen molar-refractivity contribution in [2.45, 2.75) is 0 Å². The number of amides is 1. The molecule has 0 saturated heterocycles. The van der Waals surface area contributed by atoms with Crippen LogP contribution in [0.5, 0.6) is 0 Å². The summed E-state index contributed by atoms with van der Waals surface area (Å²) in [7, 11) is 0. The fraction of sp³-hybridized carbons (Fsp3) is 0.